The Bertz CT molecular complexity index is 299. The Kier molecular flexibility index (Phi) is 3.14. The van der Waals surface area contributed by atoms with Gasteiger partial charge in [-0.1, -0.05) is 13.0 Å². The van der Waals surface area contributed by atoms with Gasteiger partial charge in [0.1, 0.15) is 6.10 Å². The van der Waals surface area contributed by atoms with E-state index in [1.165, 1.54) is 11.3 Å². The summed E-state index contributed by atoms with van der Waals surface area (Å²) in [5.41, 5.74) is -0.892. The van der Waals surface area contributed by atoms with Crippen LogP contribution in [-0.2, 0) is 0 Å². The predicted molar refractivity (Wildman–Crippen MR) is 61.9 cm³/mol. The maximum absolute atomic E-state index is 10.4. The summed E-state index contributed by atoms with van der Waals surface area (Å²) in [4.78, 5) is 0.882. The molecule has 0 saturated heterocycles. The van der Waals surface area contributed by atoms with E-state index in [0.717, 1.165) is 17.7 Å². The summed E-state index contributed by atoms with van der Waals surface area (Å²) >= 11 is 1.51. The number of rotatable bonds is 2. The molecule has 0 bridgehead atoms. The SMILES string of the molecule is CC1CCC(O)(C(O)c2cccs2)CC1. The van der Waals surface area contributed by atoms with E-state index < -0.39 is 11.7 Å². The molecular weight excluding hydrogens is 208 g/mol. The minimum Gasteiger partial charge on any atom is -0.387 e. The lowest BCUT2D eigenvalue weighted by atomic mass is 9.76. The highest BCUT2D eigenvalue weighted by molar-refractivity contribution is 7.10. The molecule has 0 aromatic carbocycles. The van der Waals surface area contributed by atoms with Crippen molar-refractivity contribution in [2.24, 2.45) is 5.92 Å². The monoisotopic (exact) mass is 226 g/mol. The first-order valence-corrected chi connectivity index (χ1v) is 6.43. The van der Waals surface area contributed by atoms with E-state index in [-0.39, 0.29) is 0 Å². The standard InChI is InChI=1S/C12H18O2S/c1-9-4-6-12(14,7-5-9)11(13)10-3-2-8-15-10/h2-3,8-9,11,13-14H,4-7H2,1H3. The third kappa shape index (κ3) is 2.25. The lowest BCUT2D eigenvalue weighted by Crippen LogP contribution is -2.39. The zero-order valence-electron chi connectivity index (χ0n) is 9.02. The molecule has 1 aliphatic carbocycles. The second kappa shape index (κ2) is 4.24. The molecule has 2 nitrogen and oxygen atoms in total. The molecule has 84 valence electrons. The van der Waals surface area contributed by atoms with Gasteiger partial charge in [-0.05, 0) is 43.0 Å². The minimum atomic E-state index is -0.892. The largest absolute Gasteiger partial charge is 0.387 e. The van der Waals surface area contributed by atoms with Gasteiger partial charge in [0, 0.05) is 4.88 Å². The smallest absolute Gasteiger partial charge is 0.117 e. The Balaban J connectivity index is 2.09. The van der Waals surface area contributed by atoms with E-state index in [4.69, 9.17) is 0 Å². The molecule has 1 atom stereocenters. The van der Waals surface area contributed by atoms with Crippen LogP contribution in [0.4, 0.5) is 0 Å². The van der Waals surface area contributed by atoms with E-state index in [1.807, 2.05) is 17.5 Å². The van der Waals surface area contributed by atoms with Crippen molar-refractivity contribution in [3.63, 3.8) is 0 Å². The number of aliphatic hydroxyl groups excluding tert-OH is 1. The van der Waals surface area contributed by atoms with E-state index in [9.17, 15) is 10.2 Å². The van der Waals surface area contributed by atoms with Crippen LogP contribution in [-0.4, -0.2) is 15.8 Å². The molecule has 0 radical (unpaired) electrons. The average Bonchev–Trinajstić information content (AvgIpc) is 2.75. The molecular formula is C12H18O2S. The van der Waals surface area contributed by atoms with Gasteiger partial charge in [-0.15, -0.1) is 11.3 Å². The number of thiophene rings is 1. The predicted octanol–water partition coefficient (Wildman–Crippen LogP) is 2.72. The van der Waals surface area contributed by atoms with E-state index in [2.05, 4.69) is 6.92 Å². The van der Waals surface area contributed by atoms with Crippen molar-refractivity contribution in [1.82, 2.24) is 0 Å². The van der Waals surface area contributed by atoms with E-state index >= 15 is 0 Å². The summed E-state index contributed by atoms with van der Waals surface area (Å²) in [5, 5.41) is 22.5. The van der Waals surface area contributed by atoms with Gasteiger partial charge in [0.25, 0.3) is 0 Å². The van der Waals surface area contributed by atoms with Gasteiger partial charge in [0.15, 0.2) is 0 Å². The van der Waals surface area contributed by atoms with Crippen molar-refractivity contribution in [3.05, 3.63) is 22.4 Å². The first-order chi connectivity index (χ1) is 7.12. The number of aliphatic hydroxyl groups is 2. The fourth-order valence-electron chi connectivity index (χ4n) is 2.25. The highest BCUT2D eigenvalue weighted by atomic mass is 32.1. The van der Waals surface area contributed by atoms with Crippen LogP contribution in [0.2, 0.25) is 0 Å². The molecule has 2 N–H and O–H groups in total. The topological polar surface area (TPSA) is 40.5 Å². The van der Waals surface area contributed by atoms with Crippen molar-refractivity contribution >= 4 is 11.3 Å². The second-order valence-corrected chi connectivity index (χ2v) is 5.68. The summed E-state index contributed by atoms with van der Waals surface area (Å²) in [5.74, 6) is 0.681. The van der Waals surface area contributed by atoms with Crippen molar-refractivity contribution in [2.75, 3.05) is 0 Å². The number of hydrogen-bond acceptors (Lipinski definition) is 3. The van der Waals surface area contributed by atoms with Crippen LogP contribution in [0, 0.1) is 5.92 Å². The van der Waals surface area contributed by atoms with E-state index in [1.54, 1.807) is 0 Å². The van der Waals surface area contributed by atoms with Crippen molar-refractivity contribution in [3.8, 4) is 0 Å². The zero-order valence-corrected chi connectivity index (χ0v) is 9.83. The molecule has 1 fully saturated rings. The summed E-state index contributed by atoms with van der Waals surface area (Å²) in [6.07, 6.45) is 2.75. The van der Waals surface area contributed by atoms with Crippen LogP contribution in [0.15, 0.2) is 17.5 Å². The molecule has 1 saturated carbocycles. The molecule has 0 amide bonds. The minimum absolute atomic E-state index is 0.681. The highest BCUT2D eigenvalue weighted by Gasteiger charge is 2.39. The Labute approximate surface area is 94.6 Å². The molecule has 0 aliphatic heterocycles. The van der Waals surface area contributed by atoms with Crippen LogP contribution < -0.4 is 0 Å². The lowest BCUT2D eigenvalue weighted by molar-refractivity contribution is -0.104. The van der Waals surface area contributed by atoms with Gasteiger partial charge in [-0.25, -0.2) is 0 Å². The lowest BCUT2D eigenvalue weighted by Gasteiger charge is -2.38. The molecule has 1 aliphatic rings. The number of hydrogen-bond donors (Lipinski definition) is 2. The van der Waals surface area contributed by atoms with Crippen LogP contribution in [0.3, 0.4) is 0 Å². The summed E-state index contributed by atoms with van der Waals surface area (Å²) < 4.78 is 0. The summed E-state index contributed by atoms with van der Waals surface area (Å²) in [7, 11) is 0. The first kappa shape index (κ1) is 11.1. The van der Waals surface area contributed by atoms with Crippen LogP contribution >= 0.6 is 11.3 Å². The normalized spacial score (nSPS) is 33.9. The van der Waals surface area contributed by atoms with Gasteiger partial charge < -0.3 is 10.2 Å². The average molecular weight is 226 g/mol. The van der Waals surface area contributed by atoms with Crippen LogP contribution in [0.5, 0.6) is 0 Å². The molecule has 15 heavy (non-hydrogen) atoms. The molecule has 1 heterocycles. The van der Waals surface area contributed by atoms with Gasteiger partial charge >= 0.3 is 0 Å². The Hall–Kier alpha value is -0.380. The quantitative estimate of drug-likeness (QED) is 0.814. The zero-order chi connectivity index (χ0) is 10.9. The van der Waals surface area contributed by atoms with Crippen molar-refractivity contribution in [2.45, 2.75) is 44.3 Å². The first-order valence-electron chi connectivity index (χ1n) is 5.56. The summed E-state index contributed by atoms with van der Waals surface area (Å²) in [6, 6.07) is 3.81. The molecule has 1 aromatic rings. The van der Waals surface area contributed by atoms with Crippen molar-refractivity contribution in [1.29, 1.82) is 0 Å². The van der Waals surface area contributed by atoms with Crippen LogP contribution in [0.1, 0.15) is 43.6 Å². The second-order valence-electron chi connectivity index (χ2n) is 4.70. The Morgan fingerprint density at radius 2 is 2.13 bits per heavy atom. The maximum Gasteiger partial charge on any atom is 0.117 e. The fraction of sp³-hybridized carbons (Fsp3) is 0.667. The highest BCUT2D eigenvalue weighted by Crippen LogP contribution is 2.41. The van der Waals surface area contributed by atoms with Gasteiger partial charge in [-0.2, -0.15) is 0 Å². The Morgan fingerprint density at radius 1 is 1.47 bits per heavy atom. The van der Waals surface area contributed by atoms with E-state index in [0.29, 0.717) is 18.8 Å². The Morgan fingerprint density at radius 3 is 2.67 bits per heavy atom. The third-order valence-corrected chi connectivity index (χ3v) is 4.39. The third-order valence-electron chi connectivity index (χ3n) is 3.46. The molecule has 1 aromatic heterocycles. The van der Waals surface area contributed by atoms with Gasteiger partial charge in [-0.3, -0.25) is 0 Å². The van der Waals surface area contributed by atoms with Crippen LogP contribution in [0.25, 0.3) is 0 Å². The molecule has 0 spiro atoms. The van der Waals surface area contributed by atoms with Gasteiger partial charge in [0.2, 0.25) is 0 Å². The molecule has 2 rings (SSSR count). The molecule has 3 heteroatoms. The molecule has 1 unspecified atom stereocenters. The van der Waals surface area contributed by atoms with Crippen molar-refractivity contribution < 1.29 is 10.2 Å². The summed E-state index contributed by atoms with van der Waals surface area (Å²) in [6.45, 7) is 2.21. The maximum atomic E-state index is 10.4. The van der Waals surface area contributed by atoms with Gasteiger partial charge in [0.05, 0.1) is 5.60 Å². The fourth-order valence-corrected chi connectivity index (χ4v) is 3.07.